The first kappa shape index (κ1) is 12.6. The minimum atomic E-state index is -1.58. The molecule has 17 heavy (non-hydrogen) atoms. The van der Waals surface area contributed by atoms with E-state index in [1.54, 1.807) is 12.1 Å². The zero-order chi connectivity index (χ0) is 12.8. The molecule has 7 nitrogen and oxygen atoms in total. The molecular weight excluding hydrogens is 226 g/mol. The SMILES string of the molecule is NC(CCc1ccc([N+](=O)[O-])cc1)=NC(=O)[O-]. The second-order valence-corrected chi connectivity index (χ2v) is 3.29. The lowest BCUT2D eigenvalue weighted by Gasteiger charge is -2.02. The second kappa shape index (κ2) is 5.59. The molecule has 0 aliphatic heterocycles. The zero-order valence-corrected chi connectivity index (χ0v) is 8.83. The van der Waals surface area contributed by atoms with Gasteiger partial charge in [-0.2, -0.15) is 0 Å². The summed E-state index contributed by atoms with van der Waals surface area (Å²) in [7, 11) is 0. The fraction of sp³-hybridized carbons (Fsp3) is 0.200. The number of non-ortho nitro benzene ring substituents is 1. The maximum atomic E-state index is 10.4. The van der Waals surface area contributed by atoms with Gasteiger partial charge in [-0.25, -0.2) is 4.99 Å². The van der Waals surface area contributed by atoms with Gasteiger partial charge in [0, 0.05) is 18.6 Å². The van der Waals surface area contributed by atoms with Crippen LogP contribution in [0.1, 0.15) is 12.0 Å². The van der Waals surface area contributed by atoms with Gasteiger partial charge in [-0.15, -0.1) is 0 Å². The van der Waals surface area contributed by atoms with Gasteiger partial charge in [-0.05, 0) is 12.0 Å². The van der Waals surface area contributed by atoms with Crippen LogP contribution in [0.5, 0.6) is 0 Å². The van der Waals surface area contributed by atoms with Gasteiger partial charge in [-0.3, -0.25) is 10.1 Å². The number of carbonyl (C=O) groups is 1. The highest BCUT2D eigenvalue weighted by molar-refractivity contribution is 5.89. The third-order valence-electron chi connectivity index (χ3n) is 2.05. The summed E-state index contributed by atoms with van der Waals surface area (Å²) in [5.74, 6) is -0.0386. The van der Waals surface area contributed by atoms with Crippen molar-refractivity contribution in [2.75, 3.05) is 0 Å². The average Bonchev–Trinajstić information content (AvgIpc) is 2.26. The fourth-order valence-corrected chi connectivity index (χ4v) is 1.23. The first-order valence-corrected chi connectivity index (χ1v) is 4.76. The zero-order valence-electron chi connectivity index (χ0n) is 8.83. The van der Waals surface area contributed by atoms with Crippen molar-refractivity contribution in [1.82, 2.24) is 0 Å². The first-order valence-electron chi connectivity index (χ1n) is 4.76. The molecule has 0 saturated carbocycles. The van der Waals surface area contributed by atoms with E-state index >= 15 is 0 Å². The normalized spacial score (nSPS) is 11.2. The van der Waals surface area contributed by atoms with Crippen LogP contribution in [0, 0.1) is 10.1 Å². The van der Waals surface area contributed by atoms with Crippen molar-refractivity contribution < 1.29 is 14.8 Å². The Bertz CT molecular complexity index is 453. The summed E-state index contributed by atoms with van der Waals surface area (Å²) in [6, 6.07) is 5.93. The molecule has 0 unspecified atom stereocenters. The van der Waals surface area contributed by atoms with E-state index in [9.17, 15) is 20.0 Å². The van der Waals surface area contributed by atoms with E-state index in [0.29, 0.717) is 6.42 Å². The quantitative estimate of drug-likeness (QED) is 0.347. The number of benzene rings is 1. The summed E-state index contributed by atoms with van der Waals surface area (Å²) in [5, 5.41) is 20.5. The number of amidine groups is 1. The van der Waals surface area contributed by atoms with Gasteiger partial charge in [0.1, 0.15) is 5.84 Å². The molecule has 0 bridgehead atoms. The van der Waals surface area contributed by atoms with E-state index in [2.05, 4.69) is 4.99 Å². The number of nitro benzene ring substituents is 1. The summed E-state index contributed by atoms with van der Waals surface area (Å²) in [6.45, 7) is 0. The lowest BCUT2D eigenvalue weighted by atomic mass is 10.1. The van der Waals surface area contributed by atoms with Crippen LogP contribution in [0.15, 0.2) is 29.3 Å². The predicted octanol–water partition coefficient (Wildman–Crippen LogP) is 0.228. The Kier molecular flexibility index (Phi) is 4.15. The molecule has 0 heterocycles. The van der Waals surface area contributed by atoms with E-state index in [-0.39, 0.29) is 17.9 Å². The van der Waals surface area contributed by atoms with E-state index in [1.165, 1.54) is 12.1 Å². The maximum absolute atomic E-state index is 10.4. The van der Waals surface area contributed by atoms with Crippen molar-refractivity contribution >= 4 is 17.6 Å². The van der Waals surface area contributed by atoms with Crippen molar-refractivity contribution in [3.63, 3.8) is 0 Å². The largest absolute Gasteiger partial charge is 0.528 e. The Labute approximate surface area is 96.7 Å². The van der Waals surface area contributed by atoms with Crippen molar-refractivity contribution in [3.05, 3.63) is 39.9 Å². The van der Waals surface area contributed by atoms with Crippen molar-refractivity contribution in [2.24, 2.45) is 10.7 Å². The number of amides is 1. The second-order valence-electron chi connectivity index (χ2n) is 3.29. The number of carbonyl (C=O) groups excluding carboxylic acids is 1. The van der Waals surface area contributed by atoms with Crippen LogP contribution in [-0.4, -0.2) is 16.9 Å². The number of nitrogens with zero attached hydrogens (tertiary/aromatic N) is 2. The number of hydrogen-bond acceptors (Lipinski definition) is 4. The maximum Gasteiger partial charge on any atom is 0.269 e. The highest BCUT2D eigenvalue weighted by Crippen LogP contribution is 2.12. The number of rotatable bonds is 4. The summed E-state index contributed by atoms with van der Waals surface area (Å²) in [5.41, 5.74) is 6.14. The van der Waals surface area contributed by atoms with Crippen molar-refractivity contribution in [3.8, 4) is 0 Å². The Hall–Kier alpha value is -2.44. The molecular formula is C10H10N3O4-. The molecule has 7 heteroatoms. The van der Waals surface area contributed by atoms with Crippen LogP contribution >= 0.6 is 0 Å². The molecule has 1 aromatic rings. The molecule has 0 aliphatic carbocycles. The van der Waals surface area contributed by atoms with Crippen LogP contribution in [-0.2, 0) is 6.42 Å². The number of hydrogen-bond donors (Lipinski definition) is 1. The molecule has 0 aliphatic rings. The molecule has 0 aromatic heterocycles. The summed E-state index contributed by atoms with van der Waals surface area (Å²) >= 11 is 0. The number of carboxylic acid groups (broad SMARTS) is 1. The minimum Gasteiger partial charge on any atom is -0.528 e. The lowest BCUT2D eigenvalue weighted by Crippen LogP contribution is -2.23. The summed E-state index contributed by atoms with van der Waals surface area (Å²) in [4.78, 5) is 23.0. The molecule has 0 spiro atoms. The van der Waals surface area contributed by atoms with E-state index < -0.39 is 11.0 Å². The molecule has 0 radical (unpaired) electrons. The molecule has 0 saturated heterocycles. The van der Waals surface area contributed by atoms with Crippen LogP contribution in [0.3, 0.4) is 0 Å². The third kappa shape index (κ3) is 4.29. The van der Waals surface area contributed by atoms with E-state index in [1.807, 2.05) is 0 Å². The highest BCUT2D eigenvalue weighted by atomic mass is 16.6. The van der Waals surface area contributed by atoms with Gasteiger partial charge >= 0.3 is 0 Å². The van der Waals surface area contributed by atoms with E-state index in [0.717, 1.165) is 5.56 Å². The molecule has 90 valence electrons. The molecule has 2 N–H and O–H groups in total. The number of nitrogens with two attached hydrogens (primary N) is 1. The van der Waals surface area contributed by atoms with Gasteiger partial charge in [-0.1, -0.05) is 12.1 Å². The minimum absolute atomic E-state index is 0.00475. The Morgan fingerprint density at radius 1 is 1.35 bits per heavy atom. The van der Waals surface area contributed by atoms with Crippen LogP contribution in [0.4, 0.5) is 10.5 Å². The van der Waals surface area contributed by atoms with Crippen molar-refractivity contribution in [2.45, 2.75) is 12.8 Å². The van der Waals surface area contributed by atoms with Crippen LogP contribution in [0.25, 0.3) is 0 Å². The van der Waals surface area contributed by atoms with Gasteiger partial charge < -0.3 is 15.6 Å². The average molecular weight is 236 g/mol. The van der Waals surface area contributed by atoms with Gasteiger partial charge in [0.2, 0.25) is 0 Å². The highest BCUT2D eigenvalue weighted by Gasteiger charge is 2.04. The van der Waals surface area contributed by atoms with Crippen LogP contribution in [0.2, 0.25) is 0 Å². The Morgan fingerprint density at radius 3 is 2.41 bits per heavy atom. The molecule has 1 rings (SSSR count). The number of aryl methyl sites for hydroxylation is 1. The monoisotopic (exact) mass is 236 g/mol. The third-order valence-corrected chi connectivity index (χ3v) is 2.05. The fourth-order valence-electron chi connectivity index (χ4n) is 1.23. The smallest absolute Gasteiger partial charge is 0.269 e. The summed E-state index contributed by atoms with van der Waals surface area (Å²) < 4.78 is 0. The molecule has 0 fully saturated rings. The summed E-state index contributed by atoms with van der Waals surface area (Å²) in [6.07, 6.45) is -0.863. The lowest BCUT2D eigenvalue weighted by molar-refractivity contribution is -0.384. The number of aliphatic imine (C=N–C) groups is 1. The molecule has 1 amide bonds. The standard InChI is InChI=1S/C10H11N3O4/c11-9(12-10(14)15)6-3-7-1-4-8(5-2-7)13(16)17/h1-2,4-5H,3,6H2,(H2,11,12)(H,14,15)/p-1. The van der Waals surface area contributed by atoms with Crippen LogP contribution < -0.4 is 10.8 Å². The van der Waals surface area contributed by atoms with Gasteiger partial charge in [0.15, 0.2) is 6.09 Å². The molecule has 0 atom stereocenters. The first-order chi connectivity index (χ1) is 7.99. The molecule has 1 aromatic carbocycles. The predicted molar refractivity (Wildman–Crippen MR) is 58.4 cm³/mol. The van der Waals surface area contributed by atoms with Crippen molar-refractivity contribution in [1.29, 1.82) is 0 Å². The Morgan fingerprint density at radius 2 is 1.94 bits per heavy atom. The number of nitro groups is 1. The topological polar surface area (TPSA) is 122 Å². The van der Waals surface area contributed by atoms with Gasteiger partial charge in [0.05, 0.1) is 4.92 Å². The van der Waals surface area contributed by atoms with E-state index in [4.69, 9.17) is 5.73 Å². The van der Waals surface area contributed by atoms with Gasteiger partial charge in [0.25, 0.3) is 5.69 Å². The Balaban J connectivity index is 2.58.